The lowest BCUT2D eigenvalue weighted by atomic mass is 9.87. The standard InChI is InChI=1S/C20H27FN2O/c21-18-6-7-20(17(14-18)15-22)24-19-9-12-23(13-10-19)11-8-16-4-2-1-3-5-16/h6-7,14,16,19H,1-5,8-13H2. The van der Waals surface area contributed by atoms with Crippen molar-refractivity contribution in [3.8, 4) is 11.8 Å². The molecule has 1 aliphatic carbocycles. The number of benzene rings is 1. The number of rotatable bonds is 5. The number of likely N-dealkylation sites (tertiary alicyclic amines) is 1. The highest BCUT2D eigenvalue weighted by Gasteiger charge is 2.22. The summed E-state index contributed by atoms with van der Waals surface area (Å²) < 4.78 is 19.1. The summed E-state index contributed by atoms with van der Waals surface area (Å²) in [6.07, 6.45) is 10.5. The van der Waals surface area contributed by atoms with Crippen LogP contribution in [-0.2, 0) is 0 Å². The van der Waals surface area contributed by atoms with E-state index in [0.717, 1.165) is 31.8 Å². The van der Waals surface area contributed by atoms with Crippen molar-refractivity contribution < 1.29 is 9.13 Å². The van der Waals surface area contributed by atoms with Gasteiger partial charge in [0.25, 0.3) is 0 Å². The molecule has 3 nitrogen and oxygen atoms in total. The van der Waals surface area contributed by atoms with E-state index in [1.165, 1.54) is 57.2 Å². The summed E-state index contributed by atoms with van der Waals surface area (Å²) >= 11 is 0. The van der Waals surface area contributed by atoms with Gasteiger partial charge in [-0.2, -0.15) is 5.26 Å². The lowest BCUT2D eigenvalue weighted by Gasteiger charge is -2.33. The lowest BCUT2D eigenvalue weighted by Crippen LogP contribution is -2.39. The van der Waals surface area contributed by atoms with Crippen molar-refractivity contribution in [2.45, 2.75) is 57.5 Å². The fourth-order valence-electron chi connectivity index (χ4n) is 3.96. The first-order valence-corrected chi connectivity index (χ1v) is 9.33. The van der Waals surface area contributed by atoms with E-state index in [9.17, 15) is 4.39 Å². The number of nitrogens with zero attached hydrogens (tertiary/aromatic N) is 2. The lowest BCUT2D eigenvalue weighted by molar-refractivity contribution is 0.0953. The molecule has 0 atom stereocenters. The zero-order valence-corrected chi connectivity index (χ0v) is 14.3. The average Bonchev–Trinajstić information content (AvgIpc) is 2.63. The molecule has 3 rings (SSSR count). The molecule has 1 saturated heterocycles. The number of hydrogen-bond donors (Lipinski definition) is 0. The summed E-state index contributed by atoms with van der Waals surface area (Å²) in [5.41, 5.74) is 0.287. The van der Waals surface area contributed by atoms with E-state index in [1.807, 2.05) is 6.07 Å². The Morgan fingerprint density at radius 3 is 2.58 bits per heavy atom. The van der Waals surface area contributed by atoms with Gasteiger partial charge in [-0.3, -0.25) is 0 Å². The molecule has 0 aromatic heterocycles. The van der Waals surface area contributed by atoms with Crippen LogP contribution in [0.3, 0.4) is 0 Å². The van der Waals surface area contributed by atoms with Crippen LogP contribution in [0.1, 0.15) is 56.9 Å². The van der Waals surface area contributed by atoms with E-state index >= 15 is 0 Å². The molecular formula is C20H27FN2O. The Balaban J connectivity index is 1.43. The van der Waals surface area contributed by atoms with Crippen LogP contribution in [0.25, 0.3) is 0 Å². The predicted octanol–water partition coefficient (Wildman–Crippen LogP) is 4.51. The second-order valence-corrected chi connectivity index (χ2v) is 7.20. The van der Waals surface area contributed by atoms with Crippen molar-refractivity contribution in [3.05, 3.63) is 29.6 Å². The molecule has 0 amide bonds. The summed E-state index contributed by atoms with van der Waals surface area (Å²) in [5, 5.41) is 9.10. The summed E-state index contributed by atoms with van der Waals surface area (Å²) in [7, 11) is 0. The summed E-state index contributed by atoms with van der Waals surface area (Å²) in [6.45, 7) is 3.32. The van der Waals surface area contributed by atoms with Crippen LogP contribution >= 0.6 is 0 Å². The van der Waals surface area contributed by atoms with E-state index in [4.69, 9.17) is 10.00 Å². The predicted molar refractivity (Wildman–Crippen MR) is 92.4 cm³/mol. The second kappa shape index (κ2) is 8.48. The van der Waals surface area contributed by atoms with E-state index in [0.29, 0.717) is 5.75 Å². The smallest absolute Gasteiger partial charge is 0.137 e. The molecule has 24 heavy (non-hydrogen) atoms. The Morgan fingerprint density at radius 2 is 1.88 bits per heavy atom. The largest absolute Gasteiger partial charge is 0.489 e. The minimum Gasteiger partial charge on any atom is -0.489 e. The molecule has 130 valence electrons. The number of ether oxygens (including phenoxy) is 1. The Morgan fingerprint density at radius 1 is 1.12 bits per heavy atom. The van der Waals surface area contributed by atoms with Crippen LogP contribution in [0.5, 0.6) is 5.75 Å². The van der Waals surface area contributed by atoms with Crippen LogP contribution in [0.15, 0.2) is 18.2 Å². The van der Waals surface area contributed by atoms with E-state index < -0.39 is 5.82 Å². The van der Waals surface area contributed by atoms with Crippen LogP contribution in [0.4, 0.5) is 4.39 Å². The number of nitriles is 1. The van der Waals surface area contributed by atoms with E-state index in [-0.39, 0.29) is 11.7 Å². The quantitative estimate of drug-likeness (QED) is 0.797. The van der Waals surface area contributed by atoms with Crippen LogP contribution in [0, 0.1) is 23.1 Å². The average molecular weight is 330 g/mol. The highest BCUT2D eigenvalue weighted by molar-refractivity contribution is 5.43. The van der Waals surface area contributed by atoms with Crippen molar-refractivity contribution >= 4 is 0 Å². The van der Waals surface area contributed by atoms with Gasteiger partial charge in [-0.1, -0.05) is 32.1 Å². The van der Waals surface area contributed by atoms with Gasteiger partial charge in [0.1, 0.15) is 23.7 Å². The van der Waals surface area contributed by atoms with E-state index in [2.05, 4.69) is 4.90 Å². The minimum absolute atomic E-state index is 0.133. The number of halogens is 1. The molecule has 0 N–H and O–H groups in total. The zero-order valence-electron chi connectivity index (χ0n) is 14.3. The highest BCUT2D eigenvalue weighted by atomic mass is 19.1. The molecule has 1 aliphatic heterocycles. The van der Waals surface area contributed by atoms with Crippen molar-refractivity contribution in [2.75, 3.05) is 19.6 Å². The molecule has 1 aromatic rings. The first-order valence-electron chi connectivity index (χ1n) is 9.33. The molecule has 2 fully saturated rings. The maximum atomic E-state index is 13.2. The highest BCUT2D eigenvalue weighted by Crippen LogP contribution is 2.27. The molecule has 2 aliphatic rings. The van der Waals surface area contributed by atoms with Gasteiger partial charge in [-0.05, 0) is 49.9 Å². The Kier molecular flexibility index (Phi) is 6.09. The van der Waals surface area contributed by atoms with Crippen LogP contribution in [-0.4, -0.2) is 30.6 Å². The topological polar surface area (TPSA) is 36.3 Å². The third-order valence-electron chi connectivity index (χ3n) is 5.47. The van der Waals surface area contributed by atoms with Crippen LogP contribution in [0.2, 0.25) is 0 Å². The second-order valence-electron chi connectivity index (χ2n) is 7.20. The Bertz CT molecular complexity index is 569. The fourth-order valence-corrected chi connectivity index (χ4v) is 3.96. The van der Waals surface area contributed by atoms with Gasteiger partial charge in [0.05, 0.1) is 5.56 Å². The van der Waals surface area contributed by atoms with Crippen molar-refractivity contribution in [3.63, 3.8) is 0 Å². The Hall–Kier alpha value is -1.60. The first-order chi connectivity index (χ1) is 11.7. The maximum absolute atomic E-state index is 13.2. The summed E-state index contributed by atoms with van der Waals surface area (Å²) in [6, 6.07) is 6.19. The molecule has 0 unspecified atom stereocenters. The van der Waals surface area contributed by atoms with E-state index in [1.54, 1.807) is 6.07 Å². The van der Waals surface area contributed by atoms with Crippen molar-refractivity contribution in [2.24, 2.45) is 5.92 Å². The molecule has 1 heterocycles. The fraction of sp³-hybridized carbons (Fsp3) is 0.650. The first kappa shape index (κ1) is 17.2. The summed E-state index contributed by atoms with van der Waals surface area (Å²) in [4.78, 5) is 2.55. The van der Waals surface area contributed by atoms with Gasteiger partial charge in [-0.25, -0.2) is 4.39 Å². The molecule has 1 aromatic carbocycles. The summed E-state index contributed by atoms with van der Waals surface area (Å²) in [5.74, 6) is 1.06. The van der Waals surface area contributed by atoms with Gasteiger partial charge in [0.2, 0.25) is 0 Å². The Labute approximate surface area is 144 Å². The molecule has 0 bridgehead atoms. The van der Waals surface area contributed by atoms with Gasteiger partial charge < -0.3 is 9.64 Å². The molecular weight excluding hydrogens is 303 g/mol. The monoisotopic (exact) mass is 330 g/mol. The third kappa shape index (κ3) is 4.70. The van der Waals surface area contributed by atoms with Gasteiger partial charge in [0.15, 0.2) is 0 Å². The van der Waals surface area contributed by atoms with Crippen molar-refractivity contribution in [1.29, 1.82) is 5.26 Å². The molecule has 0 spiro atoms. The maximum Gasteiger partial charge on any atom is 0.137 e. The SMILES string of the molecule is N#Cc1cc(F)ccc1OC1CCN(CCC2CCCCC2)CC1. The van der Waals surface area contributed by atoms with Gasteiger partial charge >= 0.3 is 0 Å². The van der Waals surface area contributed by atoms with Crippen LogP contribution < -0.4 is 4.74 Å². The zero-order chi connectivity index (χ0) is 16.8. The van der Waals surface area contributed by atoms with Gasteiger partial charge in [-0.15, -0.1) is 0 Å². The minimum atomic E-state index is -0.392. The number of hydrogen-bond acceptors (Lipinski definition) is 3. The molecule has 1 saturated carbocycles. The number of piperidine rings is 1. The third-order valence-corrected chi connectivity index (χ3v) is 5.47. The van der Waals surface area contributed by atoms with Crippen molar-refractivity contribution in [1.82, 2.24) is 4.90 Å². The molecule has 0 radical (unpaired) electrons. The molecule has 4 heteroatoms. The normalized spacial score (nSPS) is 20.7. The van der Waals surface area contributed by atoms with Gasteiger partial charge in [0, 0.05) is 13.1 Å².